The minimum atomic E-state index is 0.515. The average molecular weight is 220 g/mol. The Bertz CT molecular complexity index is 340. The summed E-state index contributed by atoms with van der Waals surface area (Å²) in [5, 5.41) is 7.04. The van der Waals surface area contributed by atoms with Crippen LogP contribution < -0.4 is 15.4 Å². The predicted molar refractivity (Wildman–Crippen MR) is 66.0 cm³/mol. The summed E-state index contributed by atoms with van der Waals surface area (Å²) in [5.74, 6) is 0.939. The molecular weight excluding hydrogens is 200 g/mol. The lowest BCUT2D eigenvalue weighted by Gasteiger charge is -2.31. The fraction of sp³-hybridized carbons (Fsp3) is 0.538. The van der Waals surface area contributed by atoms with Gasteiger partial charge in [0.25, 0.3) is 0 Å². The van der Waals surface area contributed by atoms with E-state index in [-0.39, 0.29) is 0 Å². The molecule has 3 heteroatoms. The Kier molecular flexibility index (Phi) is 3.80. The van der Waals surface area contributed by atoms with Crippen LogP contribution in [0, 0.1) is 0 Å². The molecule has 0 radical (unpaired) electrons. The first-order valence-electron chi connectivity index (χ1n) is 5.89. The number of ether oxygens (including phenoxy) is 1. The van der Waals surface area contributed by atoms with Crippen molar-refractivity contribution in [2.45, 2.75) is 25.4 Å². The summed E-state index contributed by atoms with van der Waals surface area (Å²) in [7, 11) is 1.71. The second-order valence-corrected chi connectivity index (χ2v) is 4.36. The quantitative estimate of drug-likeness (QED) is 0.802. The normalized spacial score (nSPS) is 25.4. The van der Waals surface area contributed by atoms with Gasteiger partial charge < -0.3 is 15.4 Å². The highest BCUT2D eigenvalue weighted by molar-refractivity contribution is 5.29. The van der Waals surface area contributed by atoms with Crippen molar-refractivity contribution in [3.05, 3.63) is 29.8 Å². The maximum absolute atomic E-state index is 5.23. The van der Waals surface area contributed by atoms with Gasteiger partial charge in [0, 0.05) is 25.2 Å². The van der Waals surface area contributed by atoms with Gasteiger partial charge >= 0.3 is 0 Å². The molecule has 0 aliphatic carbocycles. The van der Waals surface area contributed by atoms with E-state index >= 15 is 0 Å². The Balaban J connectivity index is 2.01. The third-order valence-electron chi connectivity index (χ3n) is 3.19. The van der Waals surface area contributed by atoms with Crippen molar-refractivity contribution in [3.63, 3.8) is 0 Å². The highest BCUT2D eigenvalue weighted by Crippen LogP contribution is 2.15. The van der Waals surface area contributed by atoms with Gasteiger partial charge in [0.15, 0.2) is 0 Å². The van der Waals surface area contributed by atoms with Crippen molar-refractivity contribution in [1.29, 1.82) is 0 Å². The Morgan fingerprint density at radius 3 is 2.88 bits per heavy atom. The molecule has 0 bridgehead atoms. The second kappa shape index (κ2) is 5.32. The van der Waals surface area contributed by atoms with Crippen LogP contribution in [0.2, 0.25) is 0 Å². The van der Waals surface area contributed by atoms with E-state index in [0.717, 1.165) is 25.3 Å². The zero-order valence-electron chi connectivity index (χ0n) is 9.99. The maximum atomic E-state index is 5.23. The largest absolute Gasteiger partial charge is 0.497 e. The van der Waals surface area contributed by atoms with Gasteiger partial charge in [-0.25, -0.2) is 0 Å². The highest BCUT2D eigenvalue weighted by atomic mass is 16.5. The van der Waals surface area contributed by atoms with Crippen molar-refractivity contribution in [3.8, 4) is 5.75 Å². The van der Waals surface area contributed by atoms with Gasteiger partial charge in [-0.1, -0.05) is 12.1 Å². The smallest absolute Gasteiger partial charge is 0.119 e. The number of piperazine rings is 1. The molecular formula is C13H20N2O. The molecule has 1 fully saturated rings. The monoisotopic (exact) mass is 220 g/mol. The standard InChI is InChI=1S/C13H20N2O/c1-10-13(15-7-6-14-10)9-11-4-3-5-12(8-11)16-2/h3-5,8,10,13-15H,6-7,9H2,1-2H3. The highest BCUT2D eigenvalue weighted by Gasteiger charge is 2.20. The van der Waals surface area contributed by atoms with E-state index in [4.69, 9.17) is 4.74 Å². The van der Waals surface area contributed by atoms with Crippen LogP contribution in [0.4, 0.5) is 0 Å². The number of hydrogen-bond donors (Lipinski definition) is 2. The molecule has 2 N–H and O–H groups in total. The number of methoxy groups -OCH3 is 1. The number of hydrogen-bond acceptors (Lipinski definition) is 3. The Morgan fingerprint density at radius 1 is 1.31 bits per heavy atom. The van der Waals surface area contributed by atoms with Crippen LogP contribution in [0.3, 0.4) is 0 Å². The second-order valence-electron chi connectivity index (χ2n) is 4.36. The Morgan fingerprint density at radius 2 is 2.12 bits per heavy atom. The Hall–Kier alpha value is -1.06. The molecule has 1 aliphatic heterocycles. The van der Waals surface area contributed by atoms with E-state index < -0.39 is 0 Å². The lowest BCUT2D eigenvalue weighted by Crippen LogP contribution is -2.55. The summed E-state index contributed by atoms with van der Waals surface area (Å²) in [6.07, 6.45) is 1.05. The molecule has 3 nitrogen and oxygen atoms in total. The van der Waals surface area contributed by atoms with E-state index in [9.17, 15) is 0 Å². The third kappa shape index (κ3) is 2.74. The summed E-state index contributed by atoms with van der Waals surface area (Å²) in [4.78, 5) is 0. The zero-order chi connectivity index (χ0) is 11.4. The van der Waals surface area contributed by atoms with E-state index in [1.807, 2.05) is 6.07 Å². The van der Waals surface area contributed by atoms with Crippen molar-refractivity contribution in [2.24, 2.45) is 0 Å². The molecule has 16 heavy (non-hydrogen) atoms. The van der Waals surface area contributed by atoms with Gasteiger partial charge in [0.1, 0.15) is 5.75 Å². The zero-order valence-corrected chi connectivity index (χ0v) is 9.99. The van der Waals surface area contributed by atoms with Crippen LogP contribution in [-0.4, -0.2) is 32.3 Å². The van der Waals surface area contributed by atoms with E-state index in [2.05, 4.69) is 35.8 Å². The molecule has 1 heterocycles. The number of rotatable bonds is 3. The fourth-order valence-electron chi connectivity index (χ4n) is 2.18. The van der Waals surface area contributed by atoms with Gasteiger partial charge in [-0.3, -0.25) is 0 Å². The molecule has 0 amide bonds. The van der Waals surface area contributed by atoms with Gasteiger partial charge in [-0.15, -0.1) is 0 Å². The number of benzene rings is 1. The minimum absolute atomic E-state index is 0.515. The molecule has 2 rings (SSSR count). The molecule has 1 aromatic carbocycles. The fourth-order valence-corrected chi connectivity index (χ4v) is 2.18. The van der Waals surface area contributed by atoms with Crippen LogP contribution in [-0.2, 0) is 6.42 Å². The summed E-state index contributed by atoms with van der Waals surface area (Å²) < 4.78 is 5.23. The van der Waals surface area contributed by atoms with Gasteiger partial charge in [0.05, 0.1) is 7.11 Å². The van der Waals surface area contributed by atoms with E-state index in [0.29, 0.717) is 12.1 Å². The van der Waals surface area contributed by atoms with E-state index in [1.165, 1.54) is 5.56 Å². The van der Waals surface area contributed by atoms with Crippen molar-refractivity contribution >= 4 is 0 Å². The summed E-state index contributed by atoms with van der Waals surface area (Å²) >= 11 is 0. The van der Waals surface area contributed by atoms with Crippen LogP contribution in [0.1, 0.15) is 12.5 Å². The minimum Gasteiger partial charge on any atom is -0.497 e. The van der Waals surface area contributed by atoms with Gasteiger partial charge in [-0.2, -0.15) is 0 Å². The van der Waals surface area contributed by atoms with Crippen molar-refractivity contribution in [1.82, 2.24) is 10.6 Å². The SMILES string of the molecule is COc1cccc(CC2NCCNC2C)c1. The molecule has 0 aromatic heterocycles. The summed E-state index contributed by atoms with van der Waals surface area (Å²) in [6.45, 7) is 4.35. The first-order chi connectivity index (χ1) is 7.79. The average Bonchev–Trinajstić information content (AvgIpc) is 2.32. The van der Waals surface area contributed by atoms with Crippen molar-refractivity contribution in [2.75, 3.05) is 20.2 Å². The van der Waals surface area contributed by atoms with Gasteiger partial charge in [0.2, 0.25) is 0 Å². The molecule has 2 atom stereocenters. The van der Waals surface area contributed by atoms with Crippen LogP contribution >= 0.6 is 0 Å². The molecule has 1 saturated heterocycles. The van der Waals surface area contributed by atoms with E-state index in [1.54, 1.807) is 7.11 Å². The number of nitrogens with one attached hydrogen (secondary N) is 2. The third-order valence-corrected chi connectivity index (χ3v) is 3.19. The predicted octanol–water partition coefficient (Wildman–Crippen LogP) is 1.19. The van der Waals surface area contributed by atoms with Crippen LogP contribution in [0.25, 0.3) is 0 Å². The maximum Gasteiger partial charge on any atom is 0.119 e. The lowest BCUT2D eigenvalue weighted by atomic mass is 9.99. The lowest BCUT2D eigenvalue weighted by molar-refractivity contribution is 0.336. The van der Waals surface area contributed by atoms with Crippen molar-refractivity contribution < 1.29 is 4.74 Å². The van der Waals surface area contributed by atoms with Crippen LogP contribution in [0.5, 0.6) is 5.75 Å². The van der Waals surface area contributed by atoms with Gasteiger partial charge in [-0.05, 0) is 31.0 Å². The summed E-state index contributed by atoms with van der Waals surface area (Å²) in [6, 6.07) is 9.35. The molecule has 88 valence electrons. The molecule has 1 aromatic rings. The first-order valence-corrected chi connectivity index (χ1v) is 5.89. The first kappa shape index (κ1) is 11.4. The summed E-state index contributed by atoms with van der Waals surface area (Å²) in [5.41, 5.74) is 1.33. The molecule has 0 spiro atoms. The van der Waals surface area contributed by atoms with Crippen LogP contribution in [0.15, 0.2) is 24.3 Å². The Labute approximate surface area is 97.2 Å². The molecule has 2 unspecified atom stereocenters. The molecule has 1 aliphatic rings. The molecule has 0 saturated carbocycles. The topological polar surface area (TPSA) is 33.3 Å².